The van der Waals surface area contributed by atoms with E-state index in [1.807, 2.05) is 24.3 Å². The molecule has 300 valence electrons. The zero-order valence-electron chi connectivity index (χ0n) is 34.2. The van der Waals surface area contributed by atoms with Crippen LogP contribution < -0.4 is 10.2 Å². The fourth-order valence-corrected chi connectivity index (χ4v) is 7.50. The number of Topliss-reactive ketones (excluding diaryl/α,β-unsaturated/α-hetero) is 1. The lowest BCUT2D eigenvalue weighted by Crippen LogP contribution is -2.59. The van der Waals surface area contributed by atoms with E-state index in [1.54, 1.807) is 6.92 Å². The summed E-state index contributed by atoms with van der Waals surface area (Å²) < 4.78 is 13.6. The summed E-state index contributed by atoms with van der Waals surface area (Å²) in [7, 11) is 0. The number of carbonyl (C=O) groups is 3. The highest BCUT2D eigenvalue weighted by molar-refractivity contribution is 6.28. The second-order valence-corrected chi connectivity index (χ2v) is 15.3. The predicted molar refractivity (Wildman–Crippen MR) is 225 cm³/mol. The maximum absolute atomic E-state index is 13.9. The Morgan fingerprint density at radius 2 is 1.64 bits per heavy atom. The highest BCUT2D eigenvalue weighted by Crippen LogP contribution is 2.33. The Labute approximate surface area is 330 Å². The number of ketones is 1. The summed E-state index contributed by atoms with van der Waals surface area (Å²) in [6.45, 7) is 18.5. The van der Waals surface area contributed by atoms with Gasteiger partial charge in [-0.05, 0) is 121 Å². The van der Waals surface area contributed by atoms with Crippen molar-refractivity contribution in [2.24, 2.45) is 10.9 Å². The zero-order valence-corrected chi connectivity index (χ0v) is 34.2. The van der Waals surface area contributed by atoms with Gasteiger partial charge in [-0.2, -0.15) is 0 Å². The van der Waals surface area contributed by atoms with Gasteiger partial charge in [0.05, 0.1) is 24.9 Å². The van der Waals surface area contributed by atoms with E-state index in [4.69, 9.17) is 0 Å². The first-order valence-corrected chi connectivity index (χ1v) is 20.2. The molecule has 55 heavy (non-hydrogen) atoms. The number of nitrogens with one attached hydrogen (secondary N) is 1. The first kappa shape index (κ1) is 45.2. The van der Waals surface area contributed by atoms with Crippen LogP contribution in [-0.2, 0) is 16.1 Å². The molecule has 3 fully saturated rings. The van der Waals surface area contributed by atoms with Crippen molar-refractivity contribution in [3.05, 3.63) is 66.1 Å². The molecule has 0 unspecified atom stereocenters. The lowest BCUT2D eigenvalue weighted by Gasteiger charge is -2.41. The summed E-state index contributed by atoms with van der Waals surface area (Å²) in [4.78, 5) is 49.7. The number of amides is 3. The van der Waals surface area contributed by atoms with E-state index < -0.39 is 11.9 Å². The molecule has 0 radical (unpaired) electrons. The van der Waals surface area contributed by atoms with Crippen molar-refractivity contribution in [3.8, 4) is 24.0 Å². The number of aliphatic imine (C=N–C) groups is 1. The molecule has 2 aromatic carbocycles. The van der Waals surface area contributed by atoms with Crippen LogP contribution >= 0.6 is 0 Å². The second kappa shape index (κ2) is 23.7. The van der Waals surface area contributed by atoms with Crippen LogP contribution in [0.3, 0.4) is 0 Å². The minimum Gasteiger partial charge on any atom is -0.311 e. The molecule has 2 saturated heterocycles. The van der Waals surface area contributed by atoms with Crippen LogP contribution in [0.5, 0.6) is 0 Å². The number of likely N-dealkylation sites (N-methyl/N-ethyl adjacent to an activating group) is 1. The second-order valence-electron chi connectivity index (χ2n) is 15.3. The van der Waals surface area contributed by atoms with E-state index >= 15 is 0 Å². The number of hydrogen-bond donors (Lipinski definition) is 1. The number of carbonyl (C=O) groups excluding carboxylic acids is 3. The molecule has 10 heteroatoms. The molecule has 0 spiro atoms. The third kappa shape index (κ3) is 14.4. The average Bonchev–Trinajstić information content (AvgIpc) is 3.44. The molecule has 1 aliphatic carbocycles. The average molecular weight is 757 g/mol. The maximum Gasteiger partial charge on any atom is 0.337 e. The lowest BCUT2D eigenvalue weighted by atomic mass is 9.86. The van der Waals surface area contributed by atoms with Gasteiger partial charge in [-0.25, -0.2) is 19.1 Å². The number of anilines is 1. The summed E-state index contributed by atoms with van der Waals surface area (Å²) in [5.74, 6) is 0.368. The Kier molecular flexibility index (Phi) is 19.5. The number of terminal acetylenes is 1. The standard InChI is InChI=1S/C34H46FN5O2.C9H17NO.C2H2/c1-6-38(24(2)3)19-18-36-23-27-12-14-28(15-13-27)29-8-7-9-31(20-29)39-32(37-22-26(5)35)21-33(41)40(34(39)42)30-16-10-25(4)11-17-30;1-9(11)8-10-6-4-2-3-5-7-10;1-2/h7-9,12-15,20,22,24-25,30,36H,6,10-11,16-19,21,23H2,1-5H3;2-8H2,1H3;1-2H/b26-22+,37-32?;;. The lowest BCUT2D eigenvalue weighted by molar-refractivity contribution is -0.129. The number of urea groups is 1. The molecule has 1 N–H and O–H groups in total. The van der Waals surface area contributed by atoms with Gasteiger partial charge in [-0.15, -0.1) is 12.8 Å². The number of amidine groups is 1. The molecule has 9 nitrogen and oxygen atoms in total. The van der Waals surface area contributed by atoms with Gasteiger partial charge in [0.15, 0.2) is 0 Å². The summed E-state index contributed by atoms with van der Waals surface area (Å²) in [5.41, 5.74) is 3.78. The van der Waals surface area contributed by atoms with Crippen LogP contribution in [-0.4, -0.2) is 89.6 Å². The van der Waals surface area contributed by atoms with Gasteiger partial charge < -0.3 is 5.32 Å². The first-order valence-electron chi connectivity index (χ1n) is 20.2. The van der Waals surface area contributed by atoms with Gasteiger partial charge in [0.2, 0.25) is 5.91 Å². The van der Waals surface area contributed by atoms with E-state index in [0.29, 0.717) is 30.0 Å². The Bertz CT molecular complexity index is 1580. The monoisotopic (exact) mass is 757 g/mol. The van der Waals surface area contributed by atoms with Crippen molar-refractivity contribution in [2.45, 2.75) is 118 Å². The molecular weight excluding hydrogens is 692 g/mol. The smallest absolute Gasteiger partial charge is 0.311 e. The summed E-state index contributed by atoms with van der Waals surface area (Å²) in [6.07, 6.45) is 17.8. The number of benzene rings is 2. The van der Waals surface area contributed by atoms with Gasteiger partial charge in [0.25, 0.3) is 0 Å². The fourth-order valence-electron chi connectivity index (χ4n) is 7.50. The number of allylic oxidation sites excluding steroid dienone is 1. The highest BCUT2D eigenvalue weighted by Gasteiger charge is 2.42. The van der Waals surface area contributed by atoms with Crippen molar-refractivity contribution in [3.63, 3.8) is 0 Å². The van der Waals surface area contributed by atoms with Gasteiger partial charge >= 0.3 is 6.03 Å². The molecule has 5 rings (SSSR count). The maximum atomic E-state index is 13.9. The topological polar surface area (TPSA) is 88.6 Å². The van der Waals surface area contributed by atoms with Gasteiger partial charge in [-0.3, -0.25) is 24.3 Å². The summed E-state index contributed by atoms with van der Waals surface area (Å²) in [6, 6.07) is 16.1. The highest BCUT2D eigenvalue weighted by atomic mass is 19.1. The Balaban J connectivity index is 0.000000532. The van der Waals surface area contributed by atoms with Crippen molar-refractivity contribution >= 4 is 29.2 Å². The van der Waals surface area contributed by atoms with Crippen molar-refractivity contribution in [1.29, 1.82) is 0 Å². The van der Waals surface area contributed by atoms with Crippen molar-refractivity contribution in [2.75, 3.05) is 44.2 Å². The molecule has 0 atom stereocenters. The van der Waals surface area contributed by atoms with Crippen LogP contribution in [0.25, 0.3) is 11.1 Å². The van der Waals surface area contributed by atoms with Crippen molar-refractivity contribution < 1.29 is 18.8 Å². The number of imide groups is 1. The van der Waals surface area contributed by atoms with Gasteiger partial charge in [0.1, 0.15) is 17.4 Å². The van der Waals surface area contributed by atoms with Gasteiger partial charge in [-0.1, -0.05) is 63.1 Å². The summed E-state index contributed by atoms with van der Waals surface area (Å²) in [5, 5.41) is 3.54. The van der Waals surface area contributed by atoms with Crippen LogP contribution in [0.1, 0.15) is 105 Å². The van der Waals surface area contributed by atoms with Crippen LogP contribution in [0.4, 0.5) is 14.9 Å². The molecule has 0 aromatic heterocycles. The third-order valence-electron chi connectivity index (χ3n) is 10.6. The predicted octanol–water partition coefficient (Wildman–Crippen LogP) is 8.84. The molecule has 2 heterocycles. The minimum atomic E-state index is -0.489. The Morgan fingerprint density at radius 1 is 0.982 bits per heavy atom. The van der Waals surface area contributed by atoms with Crippen LogP contribution in [0.2, 0.25) is 0 Å². The first-order chi connectivity index (χ1) is 26.5. The number of rotatable bonds is 13. The number of nitrogens with zero attached hydrogens (tertiary/aromatic N) is 5. The minimum absolute atomic E-state index is 0.0549. The molecule has 3 amide bonds. The molecule has 3 aliphatic rings. The van der Waals surface area contributed by atoms with Crippen LogP contribution in [0.15, 0.2) is 65.6 Å². The Morgan fingerprint density at radius 3 is 2.22 bits per heavy atom. The fraction of sp³-hybridized carbons (Fsp3) is 0.556. The van der Waals surface area contributed by atoms with E-state index in [2.05, 4.69) is 84.9 Å². The molecular formula is C45H65FN6O3. The van der Waals surface area contributed by atoms with Gasteiger partial charge in [0, 0.05) is 31.7 Å². The summed E-state index contributed by atoms with van der Waals surface area (Å²) >= 11 is 0. The molecule has 2 aliphatic heterocycles. The van der Waals surface area contributed by atoms with E-state index in [-0.39, 0.29) is 24.2 Å². The van der Waals surface area contributed by atoms with Crippen molar-refractivity contribution in [1.82, 2.24) is 20.0 Å². The normalized spacial score (nSPS) is 20.5. The number of hydrogen-bond acceptors (Lipinski definition) is 7. The molecule has 0 bridgehead atoms. The number of halogens is 1. The van der Waals surface area contributed by atoms with E-state index in [1.165, 1.54) is 48.0 Å². The molecule has 1 saturated carbocycles. The zero-order chi connectivity index (χ0) is 40.3. The van der Waals surface area contributed by atoms with E-state index in [0.717, 1.165) is 82.3 Å². The number of likely N-dealkylation sites (tertiary alicyclic amines) is 1. The molecule has 2 aromatic rings. The van der Waals surface area contributed by atoms with Crippen LogP contribution in [0, 0.1) is 18.8 Å². The van der Waals surface area contributed by atoms with E-state index in [9.17, 15) is 18.8 Å². The third-order valence-corrected chi connectivity index (χ3v) is 10.6. The quantitative estimate of drug-likeness (QED) is 0.162. The largest absolute Gasteiger partial charge is 0.337 e. The SMILES string of the molecule is C#C.CC(=O)CN1CCCCCC1.CCN(CCNCc1ccc(-c2cccc(N3C(=O)N(C4CCC(C)CC4)C(=O)CC3=N/C=C(\C)F)c2)cc1)C(C)C. The Hall–Kier alpha value is -4.17.